The van der Waals surface area contributed by atoms with Gasteiger partial charge in [-0.15, -0.1) is 0 Å². The van der Waals surface area contributed by atoms with E-state index in [1.165, 1.54) is 12.4 Å². The molecule has 0 saturated heterocycles. The number of rotatable bonds is 3. The summed E-state index contributed by atoms with van der Waals surface area (Å²) < 4.78 is 1.61. The van der Waals surface area contributed by atoms with Crippen molar-refractivity contribution < 1.29 is 0 Å². The molecular formula is C12H17N5O. The first-order valence-corrected chi connectivity index (χ1v) is 6.00. The smallest absolute Gasteiger partial charge is 0.283 e. The molecule has 0 fully saturated rings. The summed E-state index contributed by atoms with van der Waals surface area (Å²) in [7, 11) is 0. The Morgan fingerprint density at radius 3 is 2.44 bits per heavy atom. The summed E-state index contributed by atoms with van der Waals surface area (Å²) in [6.45, 7) is 7.88. The van der Waals surface area contributed by atoms with Crippen LogP contribution in [0.25, 0.3) is 11.2 Å². The lowest BCUT2D eigenvalue weighted by molar-refractivity contribution is 0.575. The summed E-state index contributed by atoms with van der Waals surface area (Å²) in [5.74, 6) is 0.540. The molecule has 6 nitrogen and oxygen atoms in total. The van der Waals surface area contributed by atoms with Crippen LogP contribution < -0.4 is 10.9 Å². The van der Waals surface area contributed by atoms with Crippen molar-refractivity contribution in [3.63, 3.8) is 0 Å². The zero-order valence-corrected chi connectivity index (χ0v) is 11.0. The zero-order chi connectivity index (χ0) is 13.3. The van der Waals surface area contributed by atoms with Gasteiger partial charge in [0.2, 0.25) is 5.95 Å². The summed E-state index contributed by atoms with van der Waals surface area (Å²) in [5.41, 5.74) is 0.523. The Hall–Kier alpha value is -1.98. The van der Waals surface area contributed by atoms with Crippen molar-refractivity contribution in [3.05, 3.63) is 22.7 Å². The second-order valence-corrected chi connectivity index (χ2v) is 4.73. The molecule has 18 heavy (non-hydrogen) atoms. The van der Waals surface area contributed by atoms with Crippen LogP contribution in [0.15, 0.2) is 17.2 Å². The van der Waals surface area contributed by atoms with Crippen LogP contribution >= 0.6 is 0 Å². The molecule has 1 N–H and O–H groups in total. The predicted molar refractivity (Wildman–Crippen MR) is 70.7 cm³/mol. The normalized spacial score (nSPS) is 11.4. The number of hydrogen-bond acceptors (Lipinski definition) is 5. The van der Waals surface area contributed by atoms with Crippen LogP contribution in [0.1, 0.15) is 33.7 Å². The fourth-order valence-corrected chi connectivity index (χ4v) is 1.77. The Bertz CT molecular complexity index is 617. The van der Waals surface area contributed by atoms with Crippen molar-refractivity contribution in [2.24, 2.45) is 0 Å². The van der Waals surface area contributed by atoms with Gasteiger partial charge in [0.25, 0.3) is 5.56 Å². The highest BCUT2D eigenvalue weighted by Gasteiger charge is 2.15. The Kier molecular flexibility index (Phi) is 3.27. The van der Waals surface area contributed by atoms with E-state index in [4.69, 9.17) is 0 Å². The van der Waals surface area contributed by atoms with Gasteiger partial charge in [0.1, 0.15) is 0 Å². The molecule has 0 bridgehead atoms. The number of anilines is 1. The molecule has 0 unspecified atom stereocenters. The highest BCUT2D eigenvalue weighted by atomic mass is 16.1. The van der Waals surface area contributed by atoms with Gasteiger partial charge in [0, 0.05) is 24.5 Å². The van der Waals surface area contributed by atoms with Gasteiger partial charge in [0.05, 0.1) is 0 Å². The molecule has 2 aromatic rings. The molecule has 2 aromatic heterocycles. The molecule has 0 radical (unpaired) electrons. The van der Waals surface area contributed by atoms with Gasteiger partial charge in [-0.25, -0.2) is 9.97 Å². The quantitative estimate of drug-likeness (QED) is 0.891. The van der Waals surface area contributed by atoms with E-state index in [-0.39, 0.29) is 17.6 Å². The van der Waals surface area contributed by atoms with Crippen LogP contribution in [-0.2, 0) is 0 Å². The van der Waals surface area contributed by atoms with E-state index in [0.29, 0.717) is 17.1 Å². The molecule has 0 aromatic carbocycles. The lowest BCUT2D eigenvalue weighted by atomic mass is 10.3. The number of fused-ring (bicyclic) bond motifs is 1. The van der Waals surface area contributed by atoms with Gasteiger partial charge in [-0.2, -0.15) is 4.98 Å². The maximum Gasteiger partial charge on any atom is 0.283 e. The third-order valence-corrected chi connectivity index (χ3v) is 2.47. The Labute approximate surface area is 105 Å². The van der Waals surface area contributed by atoms with Gasteiger partial charge in [0.15, 0.2) is 11.2 Å². The van der Waals surface area contributed by atoms with Gasteiger partial charge in [-0.05, 0) is 27.7 Å². The maximum atomic E-state index is 12.4. The van der Waals surface area contributed by atoms with E-state index in [1.807, 2.05) is 27.7 Å². The minimum Gasteiger partial charge on any atom is -0.353 e. The SMILES string of the molecule is CC(C)Nc1nc2nccnc2c(=O)n1C(C)C. The largest absolute Gasteiger partial charge is 0.353 e. The first-order valence-electron chi connectivity index (χ1n) is 6.00. The van der Waals surface area contributed by atoms with Crippen LogP contribution in [0.4, 0.5) is 5.95 Å². The number of aromatic nitrogens is 4. The molecule has 0 atom stereocenters. The van der Waals surface area contributed by atoms with Crippen LogP contribution in [-0.4, -0.2) is 25.6 Å². The first kappa shape index (κ1) is 12.5. The highest BCUT2D eigenvalue weighted by Crippen LogP contribution is 2.13. The lowest BCUT2D eigenvalue weighted by Gasteiger charge is -2.18. The molecule has 0 spiro atoms. The molecule has 2 rings (SSSR count). The lowest BCUT2D eigenvalue weighted by Crippen LogP contribution is -2.29. The molecule has 96 valence electrons. The van der Waals surface area contributed by atoms with Gasteiger partial charge in [-0.1, -0.05) is 0 Å². The van der Waals surface area contributed by atoms with Crippen molar-refractivity contribution in [3.8, 4) is 0 Å². The van der Waals surface area contributed by atoms with E-state index in [1.54, 1.807) is 4.57 Å². The molecule has 0 aliphatic carbocycles. The van der Waals surface area contributed by atoms with Crippen molar-refractivity contribution >= 4 is 17.1 Å². The summed E-state index contributed by atoms with van der Waals surface area (Å²) >= 11 is 0. The average Bonchev–Trinajstić information content (AvgIpc) is 2.27. The van der Waals surface area contributed by atoms with Crippen molar-refractivity contribution in [1.29, 1.82) is 0 Å². The molecule has 0 aliphatic rings. The highest BCUT2D eigenvalue weighted by molar-refractivity contribution is 5.69. The van der Waals surface area contributed by atoms with E-state index in [2.05, 4.69) is 20.3 Å². The second kappa shape index (κ2) is 4.72. The van der Waals surface area contributed by atoms with Crippen LogP contribution in [0.2, 0.25) is 0 Å². The fourth-order valence-electron chi connectivity index (χ4n) is 1.77. The van der Waals surface area contributed by atoms with E-state index < -0.39 is 0 Å². The van der Waals surface area contributed by atoms with Crippen LogP contribution in [0.5, 0.6) is 0 Å². The average molecular weight is 247 g/mol. The third kappa shape index (κ3) is 2.18. The standard InChI is InChI=1S/C12H17N5O/c1-7(2)15-12-16-10-9(13-5-6-14-10)11(18)17(12)8(3)4/h5-8H,1-4H3,(H,14,15,16). The van der Waals surface area contributed by atoms with Gasteiger partial charge < -0.3 is 5.32 Å². The van der Waals surface area contributed by atoms with Gasteiger partial charge >= 0.3 is 0 Å². The minimum atomic E-state index is -0.161. The Morgan fingerprint density at radius 1 is 1.17 bits per heavy atom. The molecule has 0 amide bonds. The summed E-state index contributed by atoms with van der Waals surface area (Å²) in [6, 6.07) is 0.202. The monoisotopic (exact) mass is 247 g/mol. The maximum absolute atomic E-state index is 12.4. The number of hydrogen-bond donors (Lipinski definition) is 1. The van der Waals surface area contributed by atoms with E-state index in [0.717, 1.165) is 0 Å². The Morgan fingerprint density at radius 2 is 1.83 bits per heavy atom. The summed E-state index contributed by atoms with van der Waals surface area (Å²) in [5, 5.41) is 3.17. The van der Waals surface area contributed by atoms with E-state index >= 15 is 0 Å². The third-order valence-electron chi connectivity index (χ3n) is 2.47. The first-order chi connectivity index (χ1) is 8.50. The summed E-state index contributed by atoms with van der Waals surface area (Å²) in [6.07, 6.45) is 3.04. The molecule has 6 heteroatoms. The second-order valence-electron chi connectivity index (χ2n) is 4.73. The van der Waals surface area contributed by atoms with Gasteiger partial charge in [-0.3, -0.25) is 9.36 Å². The Balaban J connectivity index is 2.75. The number of nitrogens with one attached hydrogen (secondary N) is 1. The van der Waals surface area contributed by atoms with Crippen molar-refractivity contribution in [2.75, 3.05) is 5.32 Å². The fraction of sp³-hybridized carbons (Fsp3) is 0.500. The van der Waals surface area contributed by atoms with Crippen LogP contribution in [0.3, 0.4) is 0 Å². The predicted octanol–water partition coefficient (Wildman–Crippen LogP) is 1.59. The van der Waals surface area contributed by atoms with Crippen molar-refractivity contribution in [2.45, 2.75) is 39.8 Å². The van der Waals surface area contributed by atoms with Crippen LogP contribution in [0, 0.1) is 0 Å². The topological polar surface area (TPSA) is 72.7 Å². The van der Waals surface area contributed by atoms with Crippen molar-refractivity contribution in [1.82, 2.24) is 19.5 Å². The van der Waals surface area contributed by atoms with E-state index in [9.17, 15) is 4.79 Å². The minimum absolute atomic E-state index is 0.0117. The number of nitrogens with zero attached hydrogens (tertiary/aromatic N) is 4. The molecule has 0 aliphatic heterocycles. The molecule has 0 saturated carbocycles. The zero-order valence-electron chi connectivity index (χ0n) is 11.0. The molecule has 2 heterocycles. The molecular weight excluding hydrogens is 230 g/mol. The summed E-state index contributed by atoms with van der Waals surface area (Å²) in [4.78, 5) is 24.9.